The maximum atomic E-state index is 11.3. The van der Waals surface area contributed by atoms with Gasteiger partial charge in [0.05, 0.1) is 11.4 Å². The van der Waals surface area contributed by atoms with Crippen molar-refractivity contribution in [2.75, 3.05) is 11.9 Å². The van der Waals surface area contributed by atoms with Crippen molar-refractivity contribution >= 4 is 38.4 Å². The zero-order valence-corrected chi connectivity index (χ0v) is 18.3. The molecule has 0 aliphatic heterocycles. The van der Waals surface area contributed by atoms with Gasteiger partial charge in [-0.25, -0.2) is 18.5 Å². The minimum Gasteiger partial charge on any atom is -0.458 e. The fourth-order valence-electron chi connectivity index (χ4n) is 2.57. The summed E-state index contributed by atoms with van der Waals surface area (Å²) in [4.78, 5) is 19.7. The van der Waals surface area contributed by atoms with Crippen LogP contribution in [-0.2, 0) is 27.8 Å². The van der Waals surface area contributed by atoms with Gasteiger partial charge in [0.25, 0.3) is 0 Å². The van der Waals surface area contributed by atoms with Gasteiger partial charge in [-0.1, -0.05) is 12.1 Å². The molecule has 12 heteroatoms. The van der Waals surface area contributed by atoms with E-state index in [1.54, 1.807) is 24.3 Å². The van der Waals surface area contributed by atoms with Crippen molar-refractivity contribution in [2.45, 2.75) is 24.8 Å². The molecule has 3 aromatic rings. The molecular formula is C19H22N6O4S2. The number of aliphatic imine (C=N–C) groups is 1. The molecule has 0 fully saturated rings. The molecule has 2 aromatic heterocycles. The Kier molecular flexibility index (Phi) is 7.05. The second-order valence-corrected chi connectivity index (χ2v) is 8.96. The number of hydrogen-bond donors (Lipinski definition) is 4. The normalized spacial score (nSPS) is 12.0. The summed E-state index contributed by atoms with van der Waals surface area (Å²) >= 11 is 1.35. The van der Waals surface area contributed by atoms with Crippen molar-refractivity contribution in [3.8, 4) is 11.5 Å². The fourth-order valence-corrected chi connectivity index (χ4v) is 3.79. The molecule has 3 rings (SSSR count). The van der Waals surface area contributed by atoms with Gasteiger partial charge >= 0.3 is 0 Å². The molecule has 0 bridgehead atoms. The number of furan rings is 1. The van der Waals surface area contributed by atoms with Gasteiger partial charge in [-0.2, -0.15) is 0 Å². The number of primary sulfonamides is 1. The Morgan fingerprint density at radius 2 is 1.97 bits per heavy atom. The standard InChI is InChI=1S/C19H22N6O4S2/c1-12(26)23-10-14-4-7-17(29-14)16-11-30-19(24-16)25-18(20)22-9-8-13-2-5-15(6-3-13)31(21,27)28/h2-7,11H,8-10H2,1H3,(H,23,26)(H2,21,27,28)(H3,20,22,24,25). The number of nitrogens with two attached hydrogens (primary N) is 2. The van der Waals surface area contributed by atoms with E-state index in [0.717, 1.165) is 5.56 Å². The summed E-state index contributed by atoms with van der Waals surface area (Å²) in [5.74, 6) is 1.30. The Morgan fingerprint density at radius 3 is 2.65 bits per heavy atom. The molecule has 164 valence electrons. The van der Waals surface area contributed by atoms with Crippen molar-refractivity contribution in [1.29, 1.82) is 0 Å². The highest BCUT2D eigenvalue weighted by atomic mass is 32.2. The number of sulfonamides is 1. The van der Waals surface area contributed by atoms with Gasteiger partial charge in [-0.3, -0.25) is 9.79 Å². The van der Waals surface area contributed by atoms with E-state index in [0.29, 0.717) is 41.9 Å². The van der Waals surface area contributed by atoms with Gasteiger partial charge < -0.3 is 20.8 Å². The lowest BCUT2D eigenvalue weighted by atomic mass is 10.1. The molecule has 2 heterocycles. The molecule has 0 spiro atoms. The van der Waals surface area contributed by atoms with Gasteiger partial charge in [0.1, 0.15) is 11.5 Å². The highest BCUT2D eigenvalue weighted by molar-refractivity contribution is 7.89. The first-order chi connectivity index (χ1) is 14.7. The van der Waals surface area contributed by atoms with Crippen LogP contribution in [0.5, 0.6) is 0 Å². The number of nitrogens with one attached hydrogen (secondary N) is 2. The zero-order valence-electron chi connectivity index (χ0n) is 16.7. The number of hydrogen-bond acceptors (Lipinski definition) is 7. The predicted molar refractivity (Wildman–Crippen MR) is 119 cm³/mol. The van der Waals surface area contributed by atoms with Gasteiger partial charge in [0, 0.05) is 18.8 Å². The second-order valence-electron chi connectivity index (χ2n) is 6.54. The number of aromatic nitrogens is 1. The third-order valence-electron chi connectivity index (χ3n) is 4.10. The third kappa shape index (κ3) is 6.64. The van der Waals surface area contributed by atoms with E-state index < -0.39 is 10.0 Å². The lowest BCUT2D eigenvalue weighted by Crippen LogP contribution is -2.23. The van der Waals surface area contributed by atoms with Crippen LogP contribution in [0.25, 0.3) is 11.5 Å². The van der Waals surface area contributed by atoms with Crippen LogP contribution in [0.3, 0.4) is 0 Å². The van der Waals surface area contributed by atoms with Crippen LogP contribution in [0.1, 0.15) is 18.2 Å². The van der Waals surface area contributed by atoms with Crippen molar-refractivity contribution in [3.63, 3.8) is 0 Å². The number of carbonyl (C=O) groups excluding carboxylic acids is 1. The number of nitrogens with zero attached hydrogens (tertiary/aromatic N) is 2. The molecule has 1 amide bonds. The topological polar surface area (TPSA) is 166 Å². The number of guanidine groups is 1. The molecule has 0 saturated heterocycles. The van der Waals surface area contributed by atoms with E-state index >= 15 is 0 Å². The van der Waals surface area contributed by atoms with Crippen LogP contribution in [0, 0.1) is 0 Å². The molecule has 6 N–H and O–H groups in total. The van der Waals surface area contributed by atoms with Crippen molar-refractivity contribution in [1.82, 2.24) is 10.3 Å². The van der Waals surface area contributed by atoms with Crippen molar-refractivity contribution in [3.05, 3.63) is 53.1 Å². The quantitative estimate of drug-likeness (QED) is 0.292. The van der Waals surface area contributed by atoms with Crippen molar-refractivity contribution < 1.29 is 17.6 Å². The number of amides is 1. The molecule has 0 aliphatic carbocycles. The third-order valence-corrected chi connectivity index (χ3v) is 5.79. The number of carbonyl (C=O) groups is 1. The van der Waals surface area contributed by atoms with Gasteiger partial charge in [-0.05, 0) is 36.2 Å². The first-order valence-corrected chi connectivity index (χ1v) is 11.6. The van der Waals surface area contributed by atoms with Crippen LogP contribution in [0.2, 0.25) is 0 Å². The van der Waals surface area contributed by atoms with E-state index in [4.69, 9.17) is 15.3 Å². The summed E-state index contributed by atoms with van der Waals surface area (Å²) in [7, 11) is -3.70. The molecule has 0 atom stereocenters. The van der Waals surface area contributed by atoms with Crippen molar-refractivity contribution in [2.24, 2.45) is 15.9 Å². The van der Waals surface area contributed by atoms with E-state index in [9.17, 15) is 13.2 Å². The van der Waals surface area contributed by atoms with Crippen LogP contribution < -0.4 is 21.5 Å². The summed E-state index contributed by atoms with van der Waals surface area (Å²) in [6.07, 6.45) is 0.583. The van der Waals surface area contributed by atoms with Gasteiger partial charge in [0.2, 0.25) is 15.9 Å². The zero-order chi connectivity index (χ0) is 22.4. The van der Waals surface area contributed by atoms with Gasteiger partial charge in [0.15, 0.2) is 16.9 Å². The monoisotopic (exact) mass is 462 g/mol. The number of anilines is 1. The Labute approximate surface area is 183 Å². The van der Waals surface area contributed by atoms with Gasteiger partial charge in [-0.15, -0.1) is 11.3 Å². The van der Waals surface area contributed by atoms with E-state index in [1.807, 2.05) is 5.38 Å². The maximum Gasteiger partial charge on any atom is 0.238 e. The smallest absolute Gasteiger partial charge is 0.238 e. The Hall–Kier alpha value is -3.22. The Morgan fingerprint density at radius 1 is 1.23 bits per heavy atom. The van der Waals surface area contributed by atoms with Crippen LogP contribution in [0.4, 0.5) is 5.13 Å². The molecular weight excluding hydrogens is 440 g/mol. The molecule has 0 aliphatic rings. The minimum absolute atomic E-state index is 0.0688. The van der Waals surface area contributed by atoms with E-state index in [2.05, 4.69) is 20.6 Å². The number of benzene rings is 1. The summed E-state index contributed by atoms with van der Waals surface area (Å²) in [5, 5.41) is 13.1. The summed E-state index contributed by atoms with van der Waals surface area (Å²) in [6, 6.07) is 9.87. The molecule has 0 unspecified atom stereocenters. The lowest BCUT2D eigenvalue weighted by Gasteiger charge is -2.03. The largest absolute Gasteiger partial charge is 0.458 e. The SMILES string of the molecule is CC(=O)NCc1ccc(-c2csc(NC(N)=NCCc3ccc(S(N)(=O)=O)cc3)n2)o1. The molecule has 31 heavy (non-hydrogen) atoms. The maximum absolute atomic E-state index is 11.3. The lowest BCUT2D eigenvalue weighted by molar-refractivity contribution is -0.119. The molecule has 0 radical (unpaired) electrons. The molecule has 1 aromatic carbocycles. The second kappa shape index (κ2) is 9.73. The fraction of sp³-hybridized carbons (Fsp3) is 0.211. The number of rotatable bonds is 8. The highest BCUT2D eigenvalue weighted by Gasteiger charge is 2.10. The van der Waals surface area contributed by atoms with Crippen LogP contribution in [0.15, 0.2) is 56.1 Å². The van der Waals surface area contributed by atoms with E-state index in [-0.39, 0.29) is 16.8 Å². The average molecular weight is 463 g/mol. The summed E-state index contributed by atoms with van der Waals surface area (Å²) < 4.78 is 28.2. The first-order valence-electron chi connectivity index (χ1n) is 9.18. The Balaban J connectivity index is 1.53. The minimum atomic E-state index is -3.70. The number of thiazole rings is 1. The molecule has 10 nitrogen and oxygen atoms in total. The Bertz CT molecular complexity index is 1180. The van der Waals surface area contributed by atoms with Crippen LogP contribution >= 0.6 is 11.3 Å². The average Bonchev–Trinajstić information content (AvgIpc) is 3.35. The van der Waals surface area contributed by atoms with Crippen LogP contribution in [-0.4, -0.2) is 31.8 Å². The summed E-state index contributed by atoms with van der Waals surface area (Å²) in [5.41, 5.74) is 7.47. The molecule has 0 saturated carbocycles. The summed E-state index contributed by atoms with van der Waals surface area (Å²) in [6.45, 7) is 2.17. The highest BCUT2D eigenvalue weighted by Crippen LogP contribution is 2.26. The first kappa shape index (κ1) is 22.5. The predicted octanol–water partition coefficient (Wildman–Crippen LogP) is 1.66. The van der Waals surface area contributed by atoms with E-state index in [1.165, 1.54) is 30.4 Å².